The monoisotopic (exact) mass is 348 g/mol. The molecular weight excluding hydrogens is 324 g/mol. The first kappa shape index (κ1) is 16.9. The van der Waals surface area contributed by atoms with E-state index in [0.29, 0.717) is 5.92 Å². The molecule has 2 aromatic rings. The minimum Gasteiger partial charge on any atom is -0.324 e. The molecule has 0 saturated carbocycles. The van der Waals surface area contributed by atoms with E-state index in [-0.39, 0.29) is 6.03 Å². The van der Waals surface area contributed by atoms with E-state index in [1.807, 2.05) is 17.5 Å². The molecule has 0 aliphatic carbocycles. The highest BCUT2D eigenvalue weighted by molar-refractivity contribution is 7.09. The maximum Gasteiger partial charge on any atom is 0.321 e. The third-order valence-electron chi connectivity index (χ3n) is 4.36. The Labute approximate surface area is 146 Å². The number of carbonyl (C=O) groups is 1. The highest BCUT2D eigenvalue weighted by atomic mass is 32.1. The number of nitrogens with zero attached hydrogens (tertiary/aromatic N) is 5. The fraction of sp³-hybridized carbons (Fsp3) is 0.562. The van der Waals surface area contributed by atoms with Crippen LogP contribution in [0.4, 0.5) is 10.5 Å². The fourth-order valence-electron chi connectivity index (χ4n) is 3.08. The SMILES string of the molecule is Cc1ncsc1CN(C)CC1CCN(C(=O)Nc2cnn(C)c2)C1. The van der Waals surface area contributed by atoms with Crippen LogP contribution in [0.25, 0.3) is 0 Å². The number of aryl methyl sites for hydroxylation is 2. The van der Waals surface area contributed by atoms with Gasteiger partial charge in [-0.1, -0.05) is 0 Å². The molecule has 3 rings (SSSR count). The Morgan fingerprint density at radius 1 is 1.54 bits per heavy atom. The third kappa shape index (κ3) is 4.12. The highest BCUT2D eigenvalue weighted by Gasteiger charge is 2.27. The molecular formula is C16H24N6OS. The van der Waals surface area contributed by atoms with Gasteiger partial charge in [0.2, 0.25) is 0 Å². The zero-order valence-electron chi connectivity index (χ0n) is 14.4. The molecule has 0 aromatic carbocycles. The molecule has 7 nitrogen and oxygen atoms in total. The van der Waals surface area contributed by atoms with E-state index >= 15 is 0 Å². The van der Waals surface area contributed by atoms with Crippen LogP contribution in [-0.4, -0.2) is 57.3 Å². The van der Waals surface area contributed by atoms with Crippen molar-refractivity contribution in [3.05, 3.63) is 28.5 Å². The Bertz CT molecular complexity index is 696. The number of anilines is 1. The van der Waals surface area contributed by atoms with Crippen LogP contribution in [0, 0.1) is 12.8 Å². The molecule has 0 radical (unpaired) electrons. The summed E-state index contributed by atoms with van der Waals surface area (Å²) in [6.07, 6.45) is 4.51. The minimum atomic E-state index is -0.0357. The van der Waals surface area contributed by atoms with Crippen molar-refractivity contribution in [1.82, 2.24) is 24.6 Å². The van der Waals surface area contributed by atoms with Gasteiger partial charge in [0.15, 0.2) is 0 Å². The number of hydrogen-bond acceptors (Lipinski definition) is 5. The molecule has 1 aliphatic heterocycles. The van der Waals surface area contributed by atoms with Gasteiger partial charge in [-0.2, -0.15) is 5.10 Å². The van der Waals surface area contributed by atoms with Crippen LogP contribution < -0.4 is 5.32 Å². The average molecular weight is 348 g/mol. The summed E-state index contributed by atoms with van der Waals surface area (Å²) in [5.74, 6) is 0.517. The number of carbonyl (C=O) groups excluding carboxylic acids is 1. The summed E-state index contributed by atoms with van der Waals surface area (Å²) in [5, 5.41) is 6.97. The molecule has 1 N–H and O–H groups in total. The van der Waals surface area contributed by atoms with E-state index in [0.717, 1.165) is 44.0 Å². The zero-order chi connectivity index (χ0) is 17.1. The molecule has 2 aromatic heterocycles. The molecule has 1 unspecified atom stereocenters. The number of thiazole rings is 1. The molecule has 24 heavy (non-hydrogen) atoms. The molecule has 0 spiro atoms. The van der Waals surface area contributed by atoms with E-state index < -0.39 is 0 Å². The molecule has 1 atom stereocenters. The standard InChI is InChI=1S/C16H24N6OS/c1-12-15(24-11-17-12)10-20(2)7-13-4-5-22(8-13)16(23)19-14-6-18-21(3)9-14/h6,9,11,13H,4-5,7-8,10H2,1-3H3,(H,19,23). The van der Waals surface area contributed by atoms with Crippen LogP contribution in [0.1, 0.15) is 17.0 Å². The summed E-state index contributed by atoms with van der Waals surface area (Å²) >= 11 is 1.71. The fourth-order valence-corrected chi connectivity index (χ4v) is 3.94. The Morgan fingerprint density at radius 2 is 2.38 bits per heavy atom. The van der Waals surface area contributed by atoms with Gasteiger partial charge in [0, 0.05) is 44.3 Å². The van der Waals surface area contributed by atoms with Gasteiger partial charge in [0.1, 0.15) is 0 Å². The first-order valence-electron chi connectivity index (χ1n) is 8.13. The molecule has 0 bridgehead atoms. The smallest absolute Gasteiger partial charge is 0.321 e. The maximum atomic E-state index is 12.3. The predicted octanol–water partition coefficient (Wildman–Crippen LogP) is 2.17. The van der Waals surface area contributed by atoms with Crippen molar-refractivity contribution >= 4 is 23.1 Å². The minimum absolute atomic E-state index is 0.0357. The van der Waals surface area contributed by atoms with Crippen LogP contribution >= 0.6 is 11.3 Å². The number of hydrogen-bond donors (Lipinski definition) is 1. The van der Waals surface area contributed by atoms with E-state index in [4.69, 9.17) is 0 Å². The lowest BCUT2D eigenvalue weighted by molar-refractivity contribution is 0.217. The van der Waals surface area contributed by atoms with Crippen molar-refractivity contribution in [2.24, 2.45) is 13.0 Å². The largest absolute Gasteiger partial charge is 0.324 e. The van der Waals surface area contributed by atoms with Gasteiger partial charge >= 0.3 is 6.03 Å². The quantitative estimate of drug-likeness (QED) is 0.899. The van der Waals surface area contributed by atoms with E-state index in [1.54, 1.807) is 28.4 Å². The van der Waals surface area contributed by atoms with Crippen molar-refractivity contribution < 1.29 is 4.79 Å². The van der Waals surface area contributed by atoms with Gasteiger partial charge < -0.3 is 15.1 Å². The van der Waals surface area contributed by atoms with Crippen LogP contribution in [-0.2, 0) is 13.6 Å². The zero-order valence-corrected chi connectivity index (χ0v) is 15.2. The van der Waals surface area contributed by atoms with Gasteiger partial charge in [-0.3, -0.25) is 4.68 Å². The molecule has 1 fully saturated rings. The molecule has 1 saturated heterocycles. The topological polar surface area (TPSA) is 66.3 Å². The Balaban J connectivity index is 1.46. The first-order valence-corrected chi connectivity index (χ1v) is 9.01. The van der Waals surface area contributed by atoms with Gasteiger partial charge in [-0.25, -0.2) is 9.78 Å². The second-order valence-corrected chi connectivity index (χ2v) is 7.43. The van der Waals surface area contributed by atoms with Gasteiger partial charge in [0.05, 0.1) is 23.1 Å². The van der Waals surface area contributed by atoms with Crippen LogP contribution in [0.5, 0.6) is 0 Å². The summed E-state index contributed by atoms with van der Waals surface area (Å²) in [5.41, 5.74) is 3.76. The van der Waals surface area contributed by atoms with Crippen LogP contribution in [0.3, 0.4) is 0 Å². The molecule has 3 heterocycles. The molecule has 2 amide bonds. The second kappa shape index (κ2) is 7.31. The molecule has 130 valence electrons. The lowest BCUT2D eigenvalue weighted by Gasteiger charge is -2.21. The Morgan fingerprint density at radius 3 is 3.04 bits per heavy atom. The number of nitrogens with one attached hydrogen (secondary N) is 1. The van der Waals surface area contributed by atoms with Crippen molar-refractivity contribution in [2.75, 3.05) is 32.0 Å². The highest BCUT2D eigenvalue weighted by Crippen LogP contribution is 2.20. The summed E-state index contributed by atoms with van der Waals surface area (Å²) in [6, 6.07) is -0.0357. The van der Waals surface area contributed by atoms with Crippen LogP contribution in [0.15, 0.2) is 17.9 Å². The number of aromatic nitrogens is 3. The number of urea groups is 1. The molecule has 8 heteroatoms. The first-order chi connectivity index (χ1) is 11.5. The van der Waals surface area contributed by atoms with Crippen molar-refractivity contribution in [3.63, 3.8) is 0 Å². The number of amides is 2. The lowest BCUT2D eigenvalue weighted by Crippen LogP contribution is -2.34. The van der Waals surface area contributed by atoms with E-state index in [9.17, 15) is 4.79 Å². The van der Waals surface area contributed by atoms with Crippen LogP contribution in [0.2, 0.25) is 0 Å². The summed E-state index contributed by atoms with van der Waals surface area (Å²) < 4.78 is 1.68. The van der Waals surface area contributed by atoms with E-state index in [1.165, 1.54) is 4.88 Å². The average Bonchev–Trinajstić information content (AvgIpc) is 3.23. The third-order valence-corrected chi connectivity index (χ3v) is 5.28. The van der Waals surface area contributed by atoms with E-state index in [2.05, 4.69) is 34.3 Å². The predicted molar refractivity (Wildman–Crippen MR) is 95.1 cm³/mol. The maximum absolute atomic E-state index is 12.3. The van der Waals surface area contributed by atoms with Gasteiger partial charge in [-0.05, 0) is 26.3 Å². The number of likely N-dealkylation sites (tertiary alicyclic amines) is 1. The second-order valence-electron chi connectivity index (χ2n) is 6.49. The van der Waals surface area contributed by atoms with Gasteiger partial charge in [0.25, 0.3) is 0 Å². The number of rotatable bonds is 5. The van der Waals surface area contributed by atoms with Crippen molar-refractivity contribution in [1.29, 1.82) is 0 Å². The van der Waals surface area contributed by atoms with Crippen molar-refractivity contribution in [2.45, 2.75) is 19.9 Å². The normalized spacial score (nSPS) is 17.7. The lowest BCUT2D eigenvalue weighted by atomic mass is 10.1. The van der Waals surface area contributed by atoms with Crippen molar-refractivity contribution in [3.8, 4) is 0 Å². The Hall–Kier alpha value is -1.93. The summed E-state index contributed by atoms with van der Waals surface area (Å²) in [7, 11) is 3.97. The Kier molecular flexibility index (Phi) is 5.15. The summed E-state index contributed by atoms with van der Waals surface area (Å²) in [4.78, 5) is 22.2. The molecule has 1 aliphatic rings. The van der Waals surface area contributed by atoms with Gasteiger partial charge in [-0.15, -0.1) is 11.3 Å². The summed E-state index contributed by atoms with van der Waals surface area (Å²) in [6.45, 7) is 5.59.